The van der Waals surface area contributed by atoms with Crippen molar-refractivity contribution in [1.82, 2.24) is 0 Å². The quantitative estimate of drug-likeness (QED) is 0.793. The molecule has 1 aliphatic rings. The Morgan fingerprint density at radius 1 is 1.30 bits per heavy atom. The molecule has 6 nitrogen and oxygen atoms in total. The maximum atomic E-state index is 12.1. The van der Waals surface area contributed by atoms with E-state index >= 15 is 0 Å². The SMILES string of the molecule is N#Cc1cc(-c2ccccc2)oc1N1CC(S(=O)(=O)Cl)CC1=O. The normalized spacial score (nSPS) is 18.2. The number of hydrogen-bond donors (Lipinski definition) is 0. The van der Waals surface area contributed by atoms with Gasteiger partial charge in [0.2, 0.25) is 20.8 Å². The van der Waals surface area contributed by atoms with Crippen LogP contribution in [0.5, 0.6) is 0 Å². The molecule has 118 valence electrons. The second kappa shape index (κ2) is 5.72. The lowest BCUT2D eigenvalue weighted by Crippen LogP contribution is -2.26. The first kappa shape index (κ1) is 15.6. The van der Waals surface area contributed by atoms with Crippen LogP contribution >= 0.6 is 10.7 Å². The van der Waals surface area contributed by atoms with Crippen LogP contribution in [-0.2, 0) is 13.8 Å². The third-order valence-corrected chi connectivity index (χ3v) is 5.49. The Bertz CT molecular complexity index is 899. The van der Waals surface area contributed by atoms with Gasteiger partial charge in [0.05, 0.1) is 0 Å². The molecule has 1 unspecified atom stereocenters. The third-order valence-electron chi connectivity index (χ3n) is 3.62. The van der Waals surface area contributed by atoms with Crippen molar-refractivity contribution in [2.45, 2.75) is 11.7 Å². The number of carbonyl (C=O) groups is 1. The predicted octanol–water partition coefficient (Wildman–Crippen LogP) is 2.49. The molecule has 1 aliphatic heterocycles. The van der Waals surface area contributed by atoms with Gasteiger partial charge >= 0.3 is 0 Å². The van der Waals surface area contributed by atoms with Gasteiger partial charge < -0.3 is 4.42 Å². The van der Waals surface area contributed by atoms with Gasteiger partial charge in [-0.05, 0) is 0 Å². The van der Waals surface area contributed by atoms with Gasteiger partial charge in [-0.1, -0.05) is 30.3 Å². The average Bonchev–Trinajstić information content (AvgIpc) is 3.11. The summed E-state index contributed by atoms with van der Waals surface area (Å²) in [6, 6.07) is 12.6. The second-order valence-corrected chi connectivity index (χ2v) is 8.02. The fourth-order valence-electron chi connectivity index (χ4n) is 2.47. The minimum absolute atomic E-state index is 0.0548. The summed E-state index contributed by atoms with van der Waals surface area (Å²) in [7, 11) is 1.47. The van der Waals surface area contributed by atoms with Crippen molar-refractivity contribution in [3.05, 3.63) is 42.0 Å². The van der Waals surface area contributed by atoms with Crippen molar-refractivity contribution in [3.63, 3.8) is 0 Å². The number of carbonyl (C=O) groups excluding carboxylic acids is 1. The number of anilines is 1. The first-order valence-electron chi connectivity index (χ1n) is 6.73. The first-order valence-corrected chi connectivity index (χ1v) is 9.10. The predicted molar refractivity (Wildman–Crippen MR) is 84.4 cm³/mol. The molecule has 1 saturated heterocycles. The van der Waals surface area contributed by atoms with Crippen LogP contribution in [-0.4, -0.2) is 26.1 Å². The number of rotatable bonds is 3. The molecule has 2 aromatic rings. The average molecular weight is 351 g/mol. The van der Waals surface area contributed by atoms with Gasteiger partial charge in [0.15, 0.2) is 0 Å². The lowest BCUT2D eigenvalue weighted by Gasteiger charge is -2.13. The summed E-state index contributed by atoms with van der Waals surface area (Å²) in [6.45, 7) is -0.124. The van der Waals surface area contributed by atoms with E-state index in [-0.39, 0.29) is 24.4 Å². The van der Waals surface area contributed by atoms with E-state index < -0.39 is 20.2 Å². The number of nitrogens with zero attached hydrogens (tertiary/aromatic N) is 2. The Balaban J connectivity index is 1.99. The zero-order chi connectivity index (χ0) is 16.6. The van der Waals surface area contributed by atoms with Crippen molar-refractivity contribution in [3.8, 4) is 17.4 Å². The van der Waals surface area contributed by atoms with Crippen molar-refractivity contribution in [1.29, 1.82) is 5.26 Å². The molecule has 23 heavy (non-hydrogen) atoms. The third kappa shape index (κ3) is 2.96. The molecule has 1 fully saturated rings. The lowest BCUT2D eigenvalue weighted by molar-refractivity contribution is -0.117. The van der Waals surface area contributed by atoms with Crippen molar-refractivity contribution >= 4 is 31.5 Å². The Labute approximate surface area is 137 Å². The molecule has 0 aliphatic carbocycles. The van der Waals surface area contributed by atoms with Gasteiger partial charge in [-0.2, -0.15) is 5.26 Å². The summed E-state index contributed by atoms with van der Waals surface area (Å²) in [5.41, 5.74) is 0.924. The van der Waals surface area contributed by atoms with Gasteiger partial charge in [0, 0.05) is 35.3 Å². The maximum absolute atomic E-state index is 12.1. The Morgan fingerprint density at radius 3 is 2.57 bits per heavy atom. The highest BCUT2D eigenvalue weighted by Gasteiger charge is 2.40. The molecule has 0 bridgehead atoms. The van der Waals surface area contributed by atoms with Crippen LogP contribution in [0, 0.1) is 11.3 Å². The van der Waals surface area contributed by atoms with E-state index in [1.54, 1.807) is 0 Å². The van der Waals surface area contributed by atoms with Crippen molar-refractivity contribution in [2.24, 2.45) is 0 Å². The molecule has 8 heteroatoms. The van der Waals surface area contributed by atoms with Crippen LogP contribution in [0.2, 0.25) is 0 Å². The highest BCUT2D eigenvalue weighted by atomic mass is 35.7. The van der Waals surface area contributed by atoms with Crippen LogP contribution in [0.15, 0.2) is 40.8 Å². The number of nitriles is 1. The number of halogens is 1. The second-order valence-electron chi connectivity index (χ2n) is 5.11. The molecule has 1 aromatic heterocycles. The summed E-state index contributed by atoms with van der Waals surface area (Å²) < 4.78 is 28.5. The van der Waals surface area contributed by atoms with E-state index in [9.17, 15) is 18.5 Å². The van der Waals surface area contributed by atoms with E-state index in [0.717, 1.165) is 10.5 Å². The Morgan fingerprint density at radius 2 is 2.00 bits per heavy atom. The van der Waals surface area contributed by atoms with Crippen molar-refractivity contribution < 1.29 is 17.6 Å². The van der Waals surface area contributed by atoms with E-state index in [0.29, 0.717) is 5.76 Å². The van der Waals surface area contributed by atoms with Gasteiger partial charge in [-0.15, -0.1) is 0 Å². The lowest BCUT2D eigenvalue weighted by atomic mass is 10.1. The zero-order valence-electron chi connectivity index (χ0n) is 11.8. The highest BCUT2D eigenvalue weighted by molar-refractivity contribution is 8.14. The number of hydrogen-bond acceptors (Lipinski definition) is 5. The molecular weight excluding hydrogens is 340 g/mol. The van der Waals surface area contributed by atoms with Gasteiger partial charge in [-0.3, -0.25) is 9.69 Å². The highest BCUT2D eigenvalue weighted by Crippen LogP contribution is 2.34. The zero-order valence-corrected chi connectivity index (χ0v) is 13.3. The van der Waals surface area contributed by atoms with E-state index in [2.05, 4.69) is 0 Å². The molecule has 2 heterocycles. The molecule has 0 spiro atoms. The summed E-state index contributed by atoms with van der Waals surface area (Å²) in [5, 5.41) is 8.25. The number of amides is 1. The molecule has 0 radical (unpaired) electrons. The standard InChI is InChI=1S/C15H11ClN2O4S/c16-23(20,21)12-7-14(19)18(9-12)15-11(8-17)6-13(22-15)10-4-2-1-3-5-10/h1-6,12H,7,9H2. The molecule has 0 saturated carbocycles. The molecular formula is C15H11ClN2O4S. The van der Waals surface area contributed by atoms with Gasteiger partial charge in [0.25, 0.3) is 0 Å². The van der Waals surface area contributed by atoms with Crippen LogP contribution in [0.25, 0.3) is 11.3 Å². The van der Waals surface area contributed by atoms with Crippen LogP contribution < -0.4 is 4.90 Å². The minimum Gasteiger partial charge on any atom is -0.439 e. The fraction of sp³-hybridized carbons (Fsp3) is 0.200. The fourth-order valence-corrected chi connectivity index (χ4v) is 3.49. The van der Waals surface area contributed by atoms with E-state index in [1.165, 1.54) is 6.07 Å². The van der Waals surface area contributed by atoms with Crippen LogP contribution in [0.1, 0.15) is 12.0 Å². The smallest absolute Gasteiger partial charge is 0.237 e. The monoisotopic (exact) mass is 350 g/mol. The van der Waals surface area contributed by atoms with E-state index in [1.807, 2.05) is 36.4 Å². The Hall–Kier alpha value is -2.30. The number of furan rings is 1. The molecule has 1 atom stereocenters. The summed E-state index contributed by atoms with van der Waals surface area (Å²) >= 11 is 0. The van der Waals surface area contributed by atoms with Crippen LogP contribution in [0.3, 0.4) is 0 Å². The molecule has 0 N–H and O–H groups in total. The topological polar surface area (TPSA) is 91.4 Å². The molecule has 1 amide bonds. The van der Waals surface area contributed by atoms with Gasteiger partial charge in [-0.25, -0.2) is 8.42 Å². The van der Waals surface area contributed by atoms with Gasteiger partial charge in [0.1, 0.15) is 22.6 Å². The first-order chi connectivity index (χ1) is 10.9. The van der Waals surface area contributed by atoms with E-state index in [4.69, 9.17) is 15.1 Å². The largest absolute Gasteiger partial charge is 0.439 e. The summed E-state index contributed by atoms with van der Waals surface area (Å²) in [4.78, 5) is 13.2. The maximum Gasteiger partial charge on any atom is 0.237 e. The Kier molecular flexibility index (Phi) is 3.88. The molecule has 3 rings (SSSR count). The molecule has 1 aromatic carbocycles. The summed E-state index contributed by atoms with van der Waals surface area (Å²) in [6.07, 6.45) is -0.224. The minimum atomic E-state index is -3.86. The van der Waals surface area contributed by atoms with Crippen LogP contribution in [0.4, 0.5) is 5.88 Å². The van der Waals surface area contributed by atoms with Crippen molar-refractivity contribution in [2.75, 3.05) is 11.4 Å². The number of benzene rings is 1. The summed E-state index contributed by atoms with van der Waals surface area (Å²) in [5.74, 6) is 0.0472.